The van der Waals surface area contributed by atoms with E-state index < -0.39 is 32.6 Å². The molecule has 1 aromatic rings. The molecular formula is C11H14N2O6S2. The Kier molecular flexibility index (Phi) is 6.10. The van der Waals surface area contributed by atoms with Crippen molar-refractivity contribution in [2.75, 3.05) is 24.2 Å². The Morgan fingerprint density at radius 3 is 2.62 bits per heavy atom. The van der Waals surface area contributed by atoms with Crippen LogP contribution in [0, 0.1) is 11.3 Å². The zero-order valence-electron chi connectivity index (χ0n) is 10.9. The monoisotopic (exact) mass is 334 g/mol. The first-order chi connectivity index (χ1) is 9.74. The highest BCUT2D eigenvalue weighted by Gasteiger charge is 2.16. The van der Waals surface area contributed by atoms with Gasteiger partial charge in [-0.2, -0.15) is 13.7 Å². The molecule has 0 unspecified atom stereocenters. The number of nitriles is 1. The van der Waals surface area contributed by atoms with Crippen LogP contribution in [0.15, 0.2) is 29.2 Å². The number of hydrogen-bond donors (Lipinski definition) is 2. The average molecular weight is 334 g/mol. The summed E-state index contributed by atoms with van der Waals surface area (Å²) in [5, 5.41) is 11.3. The molecule has 8 nitrogen and oxygen atoms in total. The molecule has 116 valence electrons. The van der Waals surface area contributed by atoms with Gasteiger partial charge in [0.1, 0.15) is 0 Å². The number of anilines is 1. The van der Waals surface area contributed by atoms with E-state index in [4.69, 9.17) is 9.81 Å². The van der Waals surface area contributed by atoms with Crippen molar-refractivity contribution in [1.29, 1.82) is 5.26 Å². The molecule has 0 saturated heterocycles. The summed E-state index contributed by atoms with van der Waals surface area (Å²) in [6.07, 6.45) is 0.277. The maximum absolute atomic E-state index is 12.0. The van der Waals surface area contributed by atoms with Gasteiger partial charge in [-0.15, -0.1) is 0 Å². The zero-order valence-corrected chi connectivity index (χ0v) is 12.5. The van der Waals surface area contributed by atoms with Crippen molar-refractivity contribution in [3.63, 3.8) is 0 Å². The Morgan fingerprint density at radius 2 is 2.00 bits per heavy atom. The minimum atomic E-state index is -4.66. The van der Waals surface area contributed by atoms with Gasteiger partial charge >= 0.3 is 10.4 Å². The molecule has 0 aliphatic heterocycles. The second-order valence-corrected chi connectivity index (χ2v) is 7.13. The molecule has 0 atom stereocenters. The van der Waals surface area contributed by atoms with Crippen LogP contribution in [0.25, 0.3) is 0 Å². The molecule has 0 bridgehead atoms. The SMILES string of the molecule is N#CCCNc1cccc(S(=O)(=O)CCOS(=O)(=O)O)c1. The standard InChI is InChI=1S/C11H14N2O6S2/c12-5-2-6-13-10-3-1-4-11(9-10)20(14,15)8-7-19-21(16,17)18/h1,3-4,9,13H,2,6-8H2,(H,16,17,18). The molecule has 0 saturated carbocycles. The summed E-state index contributed by atoms with van der Waals surface area (Å²) in [6.45, 7) is -0.293. The van der Waals surface area contributed by atoms with Crippen molar-refractivity contribution in [1.82, 2.24) is 0 Å². The van der Waals surface area contributed by atoms with E-state index in [2.05, 4.69) is 9.50 Å². The lowest BCUT2D eigenvalue weighted by Crippen LogP contribution is -2.15. The summed E-state index contributed by atoms with van der Waals surface area (Å²) in [5.74, 6) is -0.589. The summed E-state index contributed by atoms with van der Waals surface area (Å²) >= 11 is 0. The summed E-state index contributed by atoms with van der Waals surface area (Å²) in [6, 6.07) is 7.84. The zero-order chi connectivity index (χ0) is 15.9. The Hall–Kier alpha value is -1.67. The van der Waals surface area contributed by atoms with Crippen molar-refractivity contribution in [3.8, 4) is 6.07 Å². The minimum Gasteiger partial charge on any atom is -0.384 e. The van der Waals surface area contributed by atoms with Crippen molar-refractivity contribution in [2.24, 2.45) is 0 Å². The fourth-order valence-electron chi connectivity index (χ4n) is 1.43. The van der Waals surface area contributed by atoms with Crippen LogP contribution in [0.5, 0.6) is 0 Å². The molecule has 0 fully saturated rings. The van der Waals surface area contributed by atoms with Gasteiger partial charge in [0, 0.05) is 12.2 Å². The number of sulfone groups is 1. The molecule has 0 spiro atoms. The molecule has 21 heavy (non-hydrogen) atoms. The van der Waals surface area contributed by atoms with Gasteiger partial charge in [-0.3, -0.25) is 4.55 Å². The predicted octanol–water partition coefficient (Wildman–Crippen LogP) is 0.605. The van der Waals surface area contributed by atoms with Crippen molar-refractivity contribution in [2.45, 2.75) is 11.3 Å². The lowest BCUT2D eigenvalue weighted by Gasteiger charge is -2.08. The van der Waals surface area contributed by atoms with Gasteiger partial charge in [-0.25, -0.2) is 12.6 Å². The van der Waals surface area contributed by atoms with Gasteiger partial charge < -0.3 is 5.32 Å². The van der Waals surface area contributed by atoms with Gasteiger partial charge in [-0.05, 0) is 18.2 Å². The van der Waals surface area contributed by atoms with Gasteiger partial charge in [0.15, 0.2) is 9.84 Å². The first-order valence-corrected chi connectivity index (χ1v) is 8.82. The van der Waals surface area contributed by atoms with Gasteiger partial charge in [0.05, 0.1) is 29.7 Å². The van der Waals surface area contributed by atoms with Crippen molar-refractivity contribution in [3.05, 3.63) is 24.3 Å². The smallest absolute Gasteiger partial charge is 0.384 e. The highest BCUT2D eigenvalue weighted by molar-refractivity contribution is 7.91. The van der Waals surface area contributed by atoms with Crippen LogP contribution in [0.1, 0.15) is 6.42 Å². The van der Waals surface area contributed by atoms with E-state index in [1.54, 1.807) is 6.07 Å². The number of rotatable bonds is 8. The van der Waals surface area contributed by atoms with Gasteiger partial charge in [-0.1, -0.05) is 6.07 Å². The van der Waals surface area contributed by atoms with E-state index in [1.165, 1.54) is 18.2 Å². The second kappa shape index (κ2) is 7.37. The third-order valence-electron chi connectivity index (χ3n) is 2.34. The van der Waals surface area contributed by atoms with Crippen LogP contribution in [-0.2, 0) is 24.4 Å². The molecule has 1 aromatic carbocycles. The number of benzene rings is 1. The van der Waals surface area contributed by atoms with Crippen LogP contribution in [0.3, 0.4) is 0 Å². The maximum atomic E-state index is 12.0. The van der Waals surface area contributed by atoms with Crippen LogP contribution in [0.2, 0.25) is 0 Å². The molecule has 0 aliphatic carbocycles. The fraction of sp³-hybridized carbons (Fsp3) is 0.364. The third kappa shape index (κ3) is 6.54. The molecule has 10 heteroatoms. The summed E-state index contributed by atoms with van der Waals surface area (Å²) in [5.41, 5.74) is 0.530. The molecule has 1 rings (SSSR count). The Labute approximate surface area is 123 Å². The van der Waals surface area contributed by atoms with E-state index in [0.29, 0.717) is 12.2 Å². The van der Waals surface area contributed by atoms with Crippen LogP contribution < -0.4 is 5.32 Å². The maximum Gasteiger partial charge on any atom is 0.397 e. The summed E-state index contributed by atoms with van der Waals surface area (Å²) < 4.78 is 57.0. The first kappa shape index (κ1) is 17.4. The van der Waals surface area contributed by atoms with Gasteiger partial charge in [0.25, 0.3) is 0 Å². The third-order valence-corrected chi connectivity index (χ3v) is 4.48. The molecule has 0 aromatic heterocycles. The lowest BCUT2D eigenvalue weighted by atomic mass is 10.3. The van der Waals surface area contributed by atoms with Crippen molar-refractivity contribution >= 4 is 25.9 Å². The quantitative estimate of drug-likeness (QED) is 0.521. The van der Waals surface area contributed by atoms with Gasteiger partial charge in [0.2, 0.25) is 0 Å². The lowest BCUT2D eigenvalue weighted by molar-refractivity contribution is 0.284. The van der Waals surface area contributed by atoms with E-state index in [-0.39, 0.29) is 11.3 Å². The van der Waals surface area contributed by atoms with Crippen LogP contribution in [-0.4, -0.2) is 40.3 Å². The molecule has 0 amide bonds. The first-order valence-electron chi connectivity index (χ1n) is 5.80. The van der Waals surface area contributed by atoms with E-state index in [1.807, 2.05) is 6.07 Å². The van der Waals surface area contributed by atoms with E-state index >= 15 is 0 Å². The normalized spacial score (nSPS) is 11.8. The highest BCUT2D eigenvalue weighted by atomic mass is 32.3. The summed E-state index contributed by atoms with van der Waals surface area (Å²) in [7, 11) is -8.40. The number of hydrogen-bond acceptors (Lipinski definition) is 7. The Bertz CT molecular complexity index is 721. The topological polar surface area (TPSA) is 134 Å². The highest BCUT2D eigenvalue weighted by Crippen LogP contribution is 2.17. The van der Waals surface area contributed by atoms with Crippen LogP contribution >= 0.6 is 0 Å². The van der Waals surface area contributed by atoms with E-state index in [0.717, 1.165) is 0 Å². The minimum absolute atomic E-state index is 0.0107. The largest absolute Gasteiger partial charge is 0.397 e. The van der Waals surface area contributed by atoms with Crippen molar-refractivity contribution < 1.29 is 25.6 Å². The number of nitrogens with zero attached hydrogens (tertiary/aromatic N) is 1. The Balaban J connectivity index is 2.74. The average Bonchev–Trinajstić information content (AvgIpc) is 2.37. The molecule has 0 aliphatic rings. The Morgan fingerprint density at radius 1 is 1.29 bits per heavy atom. The second-order valence-electron chi connectivity index (χ2n) is 3.93. The molecular weight excluding hydrogens is 320 g/mol. The summed E-state index contributed by atoms with van der Waals surface area (Å²) in [4.78, 5) is -0.0107. The van der Waals surface area contributed by atoms with Crippen LogP contribution in [0.4, 0.5) is 5.69 Å². The predicted molar refractivity (Wildman–Crippen MR) is 74.7 cm³/mol. The number of nitrogens with one attached hydrogen (secondary N) is 1. The fourth-order valence-corrected chi connectivity index (χ4v) is 2.96. The molecule has 0 heterocycles. The molecule has 0 radical (unpaired) electrons. The van der Waals surface area contributed by atoms with E-state index in [9.17, 15) is 16.8 Å². The molecule has 2 N–H and O–H groups in total.